The summed E-state index contributed by atoms with van der Waals surface area (Å²) in [7, 11) is 1.76. The zero-order chi connectivity index (χ0) is 18.8. The first-order valence-electron chi connectivity index (χ1n) is 8.28. The lowest BCUT2D eigenvalue weighted by atomic mass is 10.2. The van der Waals surface area contributed by atoms with Gasteiger partial charge in [-0.05, 0) is 30.7 Å². The Balaban J connectivity index is 1.47. The van der Waals surface area contributed by atoms with E-state index in [0.29, 0.717) is 11.4 Å². The number of anilines is 1. The van der Waals surface area contributed by atoms with Gasteiger partial charge < -0.3 is 5.32 Å². The van der Waals surface area contributed by atoms with Crippen LogP contribution in [0.25, 0.3) is 11.0 Å². The number of aromatic amines is 1. The highest BCUT2D eigenvalue weighted by atomic mass is 32.2. The molecule has 3 heterocycles. The molecule has 0 atom stereocenters. The maximum Gasteiger partial charge on any atom is 0.273 e. The minimum absolute atomic E-state index is 0.182. The maximum absolute atomic E-state index is 12.5. The Morgan fingerprint density at radius 2 is 2.19 bits per heavy atom. The number of aromatic nitrogens is 6. The molecule has 4 aromatic rings. The molecule has 0 aliphatic carbocycles. The topological polar surface area (TPSA) is 101 Å². The number of fused-ring (bicyclic) bond motifs is 1. The Hall–Kier alpha value is -3.20. The lowest BCUT2D eigenvalue weighted by molar-refractivity contribution is 0.101. The highest BCUT2D eigenvalue weighted by Crippen LogP contribution is 2.27. The average molecular weight is 379 g/mol. The number of nitrogens with one attached hydrogen (secondary N) is 2. The summed E-state index contributed by atoms with van der Waals surface area (Å²) in [5.41, 5.74) is 3.88. The van der Waals surface area contributed by atoms with E-state index in [2.05, 4.69) is 30.6 Å². The number of carbonyl (C=O) groups is 1. The molecule has 0 bridgehead atoms. The second-order valence-corrected chi connectivity index (χ2v) is 7.01. The Morgan fingerprint density at radius 3 is 3.00 bits per heavy atom. The van der Waals surface area contributed by atoms with Crippen molar-refractivity contribution in [3.63, 3.8) is 0 Å². The predicted octanol–water partition coefficient (Wildman–Crippen LogP) is 2.94. The fourth-order valence-corrected chi connectivity index (χ4v) is 3.68. The molecule has 1 aromatic carbocycles. The molecule has 27 heavy (non-hydrogen) atoms. The smallest absolute Gasteiger partial charge is 0.273 e. The van der Waals surface area contributed by atoms with E-state index < -0.39 is 0 Å². The summed E-state index contributed by atoms with van der Waals surface area (Å²) in [6, 6.07) is 9.54. The van der Waals surface area contributed by atoms with Crippen LogP contribution in [0.5, 0.6) is 0 Å². The van der Waals surface area contributed by atoms with Crippen LogP contribution in [-0.4, -0.2) is 35.9 Å². The van der Waals surface area contributed by atoms with E-state index >= 15 is 0 Å². The fourth-order valence-electron chi connectivity index (χ4n) is 2.77. The SMILES string of the molecule is Cc1cc(C(=O)Nc2cccc(CSc3ncnc4[nH]ncc34)c2)n(C)n1. The largest absolute Gasteiger partial charge is 0.321 e. The van der Waals surface area contributed by atoms with Crippen LogP contribution in [0.2, 0.25) is 0 Å². The molecular weight excluding hydrogens is 362 g/mol. The number of hydrogen-bond acceptors (Lipinski definition) is 6. The Bertz CT molecular complexity index is 1120. The molecule has 0 saturated heterocycles. The van der Waals surface area contributed by atoms with E-state index in [1.54, 1.807) is 35.8 Å². The van der Waals surface area contributed by atoms with Crippen molar-refractivity contribution < 1.29 is 4.79 Å². The Labute approximate surface area is 159 Å². The number of H-pyrrole nitrogens is 1. The van der Waals surface area contributed by atoms with E-state index in [9.17, 15) is 4.79 Å². The third-order valence-corrected chi connectivity index (χ3v) is 5.08. The first-order valence-corrected chi connectivity index (χ1v) is 9.26. The molecular formula is C18H17N7OS. The highest BCUT2D eigenvalue weighted by molar-refractivity contribution is 7.98. The Kier molecular flexibility index (Phi) is 4.59. The summed E-state index contributed by atoms with van der Waals surface area (Å²) in [5, 5.41) is 15.8. The number of carbonyl (C=O) groups excluding carboxylic acids is 1. The van der Waals surface area contributed by atoms with Gasteiger partial charge in [-0.15, -0.1) is 11.8 Å². The van der Waals surface area contributed by atoms with Crippen LogP contribution in [0, 0.1) is 6.92 Å². The third-order valence-electron chi connectivity index (χ3n) is 4.01. The van der Waals surface area contributed by atoms with E-state index in [0.717, 1.165) is 33.0 Å². The normalized spacial score (nSPS) is 11.0. The van der Waals surface area contributed by atoms with Crippen LogP contribution in [0.15, 0.2) is 47.9 Å². The number of rotatable bonds is 5. The van der Waals surface area contributed by atoms with Crippen molar-refractivity contribution >= 4 is 34.4 Å². The molecule has 1 amide bonds. The third kappa shape index (κ3) is 3.68. The van der Waals surface area contributed by atoms with Crippen molar-refractivity contribution in [3.8, 4) is 0 Å². The first-order chi connectivity index (χ1) is 13.1. The molecule has 9 heteroatoms. The van der Waals surface area contributed by atoms with Crippen LogP contribution in [-0.2, 0) is 12.8 Å². The van der Waals surface area contributed by atoms with Gasteiger partial charge in [0.2, 0.25) is 0 Å². The van der Waals surface area contributed by atoms with Gasteiger partial charge >= 0.3 is 0 Å². The minimum Gasteiger partial charge on any atom is -0.321 e. The van der Waals surface area contributed by atoms with Gasteiger partial charge in [0.15, 0.2) is 5.65 Å². The summed E-state index contributed by atoms with van der Waals surface area (Å²) in [6.07, 6.45) is 3.25. The van der Waals surface area contributed by atoms with Crippen LogP contribution < -0.4 is 5.32 Å². The van der Waals surface area contributed by atoms with Crippen molar-refractivity contribution in [2.24, 2.45) is 7.05 Å². The monoisotopic (exact) mass is 379 g/mol. The summed E-state index contributed by atoms with van der Waals surface area (Å²) in [5.74, 6) is 0.532. The van der Waals surface area contributed by atoms with Crippen LogP contribution >= 0.6 is 11.8 Å². The predicted molar refractivity (Wildman–Crippen MR) is 104 cm³/mol. The first kappa shape index (κ1) is 17.2. The van der Waals surface area contributed by atoms with Crippen LogP contribution in [0.4, 0.5) is 5.69 Å². The quantitative estimate of drug-likeness (QED) is 0.408. The number of benzene rings is 1. The lowest BCUT2D eigenvalue weighted by Crippen LogP contribution is -2.16. The summed E-state index contributed by atoms with van der Waals surface area (Å²) in [6.45, 7) is 1.86. The van der Waals surface area contributed by atoms with E-state index in [-0.39, 0.29) is 5.91 Å². The highest BCUT2D eigenvalue weighted by Gasteiger charge is 2.12. The van der Waals surface area contributed by atoms with Crippen LogP contribution in [0.1, 0.15) is 21.7 Å². The van der Waals surface area contributed by atoms with Gasteiger partial charge in [0.05, 0.1) is 17.3 Å². The zero-order valence-corrected chi connectivity index (χ0v) is 15.6. The van der Waals surface area contributed by atoms with Gasteiger partial charge in [0.1, 0.15) is 17.0 Å². The molecule has 0 unspecified atom stereocenters. The van der Waals surface area contributed by atoms with Gasteiger partial charge in [-0.1, -0.05) is 12.1 Å². The molecule has 0 aliphatic heterocycles. The van der Waals surface area contributed by atoms with Gasteiger partial charge in [0.25, 0.3) is 5.91 Å². The van der Waals surface area contributed by atoms with Crippen molar-refractivity contribution in [1.29, 1.82) is 0 Å². The van der Waals surface area contributed by atoms with Gasteiger partial charge in [0, 0.05) is 18.5 Å². The maximum atomic E-state index is 12.5. The van der Waals surface area contributed by atoms with E-state index in [4.69, 9.17) is 0 Å². The minimum atomic E-state index is -0.182. The lowest BCUT2D eigenvalue weighted by Gasteiger charge is -2.08. The molecule has 0 fully saturated rings. The number of nitrogens with zero attached hydrogens (tertiary/aromatic N) is 5. The van der Waals surface area contributed by atoms with Gasteiger partial charge in [-0.2, -0.15) is 10.2 Å². The number of aryl methyl sites for hydroxylation is 2. The van der Waals surface area contributed by atoms with Gasteiger partial charge in [-0.3, -0.25) is 14.6 Å². The molecule has 0 aliphatic rings. The molecule has 2 N–H and O–H groups in total. The van der Waals surface area contributed by atoms with Crippen molar-refractivity contribution in [2.45, 2.75) is 17.7 Å². The van der Waals surface area contributed by atoms with Crippen molar-refractivity contribution in [2.75, 3.05) is 5.32 Å². The van der Waals surface area contributed by atoms with Gasteiger partial charge in [-0.25, -0.2) is 9.97 Å². The van der Waals surface area contributed by atoms with E-state index in [1.807, 2.05) is 31.2 Å². The molecule has 0 saturated carbocycles. The molecule has 0 spiro atoms. The number of hydrogen-bond donors (Lipinski definition) is 2. The molecule has 3 aromatic heterocycles. The van der Waals surface area contributed by atoms with Crippen molar-refractivity contribution in [3.05, 3.63) is 59.8 Å². The molecule has 136 valence electrons. The van der Waals surface area contributed by atoms with E-state index in [1.165, 1.54) is 6.33 Å². The molecule has 8 nitrogen and oxygen atoms in total. The summed E-state index contributed by atoms with van der Waals surface area (Å²) < 4.78 is 1.58. The number of thioether (sulfide) groups is 1. The summed E-state index contributed by atoms with van der Waals surface area (Å²) >= 11 is 1.60. The molecule has 0 radical (unpaired) electrons. The second kappa shape index (κ2) is 7.20. The standard InChI is InChI=1S/C18H17N7OS/c1-11-6-15(25(2)24-11)17(26)22-13-5-3-4-12(7-13)9-27-18-14-8-21-23-16(14)19-10-20-18/h3-8,10H,9H2,1-2H3,(H,22,26)(H,19,20,21,23). The van der Waals surface area contributed by atoms with Crippen LogP contribution in [0.3, 0.4) is 0 Å². The summed E-state index contributed by atoms with van der Waals surface area (Å²) in [4.78, 5) is 20.9. The van der Waals surface area contributed by atoms with Crippen molar-refractivity contribution in [1.82, 2.24) is 29.9 Å². The Morgan fingerprint density at radius 1 is 1.30 bits per heavy atom. The zero-order valence-electron chi connectivity index (χ0n) is 14.8. The number of amides is 1. The fraction of sp³-hybridized carbons (Fsp3) is 0.167. The molecule has 4 rings (SSSR count). The second-order valence-electron chi connectivity index (χ2n) is 6.05. The average Bonchev–Trinajstić information content (AvgIpc) is 3.26.